The number of hydrogen-bond acceptors (Lipinski definition) is 4. The van der Waals surface area contributed by atoms with Crippen LogP contribution in [-0.4, -0.2) is 49.6 Å². The number of alkyl halides is 3. The van der Waals surface area contributed by atoms with E-state index in [-0.39, 0.29) is 0 Å². The Bertz CT molecular complexity index is 726. The summed E-state index contributed by atoms with van der Waals surface area (Å²) in [5, 5.41) is 3.41. The van der Waals surface area contributed by atoms with Crippen LogP contribution in [0.4, 0.5) is 18.9 Å². The number of aliphatic imine (C=N–C) groups is 1. The maximum absolute atomic E-state index is 13.4. The topological polar surface area (TPSA) is 30.9 Å². The summed E-state index contributed by atoms with van der Waals surface area (Å²) in [5.74, 6) is 0. The predicted octanol–water partition coefficient (Wildman–Crippen LogP) is 2.87. The molecule has 3 aliphatic heterocycles. The monoisotopic (exact) mass is 350 g/mol. The molecule has 1 unspecified atom stereocenters. The molecule has 0 radical (unpaired) electrons. The first-order valence-electron chi connectivity index (χ1n) is 8.59. The fraction of sp³-hybridized carbons (Fsp3) is 0.500. The molecule has 1 aromatic rings. The Morgan fingerprint density at radius 1 is 1.24 bits per heavy atom. The third kappa shape index (κ3) is 2.95. The van der Waals surface area contributed by atoms with Crippen LogP contribution in [-0.2, 0) is 6.42 Å². The van der Waals surface area contributed by atoms with Crippen LogP contribution < -0.4 is 10.2 Å². The van der Waals surface area contributed by atoms with Gasteiger partial charge in [0.1, 0.15) is 0 Å². The Morgan fingerprint density at radius 3 is 2.88 bits per heavy atom. The standard InChI is InChI=1S/C18H21F3N4/c1-12-4-6-23-17(18(19,20)21)25(12)14-2-3-15-13(10-14)5-8-24-9-7-22-11-16(15)24/h2-4,6,10,16-17,22H,5,7-9,11H2,1H3/t16?,17-/m0/s1. The van der Waals surface area contributed by atoms with Gasteiger partial charge >= 0.3 is 6.18 Å². The molecule has 134 valence electrons. The summed E-state index contributed by atoms with van der Waals surface area (Å²) in [7, 11) is 0. The van der Waals surface area contributed by atoms with Crippen molar-refractivity contribution in [1.29, 1.82) is 0 Å². The van der Waals surface area contributed by atoms with Gasteiger partial charge in [-0.05, 0) is 42.7 Å². The van der Waals surface area contributed by atoms with Crippen LogP contribution in [0.2, 0.25) is 0 Å². The molecule has 4 rings (SSSR count). The third-order valence-electron chi connectivity index (χ3n) is 5.25. The molecule has 0 spiro atoms. The largest absolute Gasteiger partial charge is 0.429 e. The molecule has 0 aromatic heterocycles. The van der Waals surface area contributed by atoms with Crippen molar-refractivity contribution in [2.24, 2.45) is 4.99 Å². The van der Waals surface area contributed by atoms with Crippen LogP contribution in [0.25, 0.3) is 0 Å². The van der Waals surface area contributed by atoms with Gasteiger partial charge in [0.05, 0.1) is 0 Å². The van der Waals surface area contributed by atoms with Crippen LogP contribution in [0.1, 0.15) is 24.1 Å². The summed E-state index contributed by atoms with van der Waals surface area (Å²) in [5.41, 5.74) is 3.48. The quantitative estimate of drug-likeness (QED) is 0.845. The lowest BCUT2D eigenvalue weighted by molar-refractivity contribution is -0.145. The zero-order valence-corrected chi connectivity index (χ0v) is 14.1. The second-order valence-corrected chi connectivity index (χ2v) is 6.78. The van der Waals surface area contributed by atoms with Gasteiger partial charge in [0.15, 0.2) is 0 Å². The van der Waals surface area contributed by atoms with Crippen molar-refractivity contribution in [1.82, 2.24) is 10.2 Å². The number of halogens is 3. The minimum Gasteiger partial charge on any atom is -0.315 e. The molecule has 3 heterocycles. The molecule has 0 aliphatic carbocycles. The number of fused-ring (bicyclic) bond motifs is 3. The van der Waals surface area contributed by atoms with Gasteiger partial charge in [-0.15, -0.1) is 0 Å². The molecule has 4 nitrogen and oxygen atoms in total. The Labute approximate surface area is 145 Å². The first-order valence-corrected chi connectivity index (χ1v) is 8.59. The number of anilines is 1. The fourth-order valence-corrected chi connectivity index (χ4v) is 4.02. The zero-order chi connectivity index (χ0) is 17.6. The molecule has 7 heteroatoms. The average Bonchev–Trinajstić information content (AvgIpc) is 2.60. The van der Waals surface area contributed by atoms with E-state index in [9.17, 15) is 13.2 Å². The lowest BCUT2D eigenvalue weighted by atomic mass is 9.90. The molecule has 0 bridgehead atoms. The molecular weight excluding hydrogens is 329 g/mol. The van der Waals surface area contributed by atoms with Gasteiger partial charge in [0, 0.05) is 49.8 Å². The highest BCUT2D eigenvalue weighted by Gasteiger charge is 2.45. The van der Waals surface area contributed by atoms with Gasteiger partial charge in [-0.2, -0.15) is 13.2 Å². The van der Waals surface area contributed by atoms with Gasteiger partial charge < -0.3 is 10.2 Å². The van der Waals surface area contributed by atoms with E-state index in [1.54, 1.807) is 19.1 Å². The number of allylic oxidation sites excluding steroid dienone is 2. The number of nitrogens with one attached hydrogen (secondary N) is 1. The number of piperazine rings is 1. The maximum atomic E-state index is 13.4. The van der Waals surface area contributed by atoms with Crippen molar-refractivity contribution in [3.63, 3.8) is 0 Å². The summed E-state index contributed by atoms with van der Waals surface area (Å²) in [6, 6.07) is 6.03. The molecule has 0 saturated carbocycles. The minimum atomic E-state index is -4.41. The third-order valence-corrected chi connectivity index (χ3v) is 5.25. The SMILES string of the molecule is CC1=CC=N[C@H](C(F)(F)F)N1c1ccc2c(c1)CCN1CCNCC21. The van der Waals surface area contributed by atoms with E-state index < -0.39 is 12.3 Å². The Kier molecular flexibility index (Phi) is 4.08. The van der Waals surface area contributed by atoms with E-state index in [4.69, 9.17) is 0 Å². The highest BCUT2D eigenvalue weighted by atomic mass is 19.4. The summed E-state index contributed by atoms with van der Waals surface area (Å²) in [6.07, 6.45) is -2.53. The van der Waals surface area contributed by atoms with Crippen molar-refractivity contribution in [3.05, 3.63) is 41.1 Å². The molecule has 1 saturated heterocycles. The van der Waals surface area contributed by atoms with Gasteiger partial charge in [-0.3, -0.25) is 9.89 Å². The molecular formula is C18H21F3N4. The second kappa shape index (κ2) is 6.14. The van der Waals surface area contributed by atoms with Crippen molar-refractivity contribution >= 4 is 11.9 Å². The van der Waals surface area contributed by atoms with Gasteiger partial charge in [-0.1, -0.05) is 6.07 Å². The van der Waals surface area contributed by atoms with Crippen molar-refractivity contribution in [2.75, 3.05) is 31.1 Å². The van der Waals surface area contributed by atoms with Crippen LogP contribution in [0, 0.1) is 0 Å². The van der Waals surface area contributed by atoms with E-state index in [1.165, 1.54) is 16.7 Å². The van der Waals surface area contributed by atoms with E-state index in [0.717, 1.165) is 38.2 Å². The van der Waals surface area contributed by atoms with Gasteiger partial charge in [0.2, 0.25) is 6.17 Å². The van der Waals surface area contributed by atoms with Crippen LogP contribution in [0.15, 0.2) is 35.0 Å². The lowest BCUT2D eigenvalue weighted by Gasteiger charge is -2.41. The smallest absolute Gasteiger partial charge is 0.315 e. The maximum Gasteiger partial charge on any atom is 0.429 e. The first kappa shape index (κ1) is 16.6. The number of benzene rings is 1. The predicted molar refractivity (Wildman–Crippen MR) is 91.9 cm³/mol. The summed E-state index contributed by atoms with van der Waals surface area (Å²) < 4.78 is 40.2. The summed E-state index contributed by atoms with van der Waals surface area (Å²) >= 11 is 0. The molecule has 1 aromatic carbocycles. The van der Waals surface area contributed by atoms with Gasteiger partial charge in [0.25, 0.3) is 0 Å². The second-order valence-electron chi connectivity index (χ2n) is 6.78. The van der Waals surface area contributed by atoms with Crippen LogP contribution in [0.3, 0.4) is 0 Å². The molecule has 3 aliphatic rings. The summed E-state index contributed by atoms with van der Waals surface area (Å²) in [4.78, 5) is 7.40. The normalized spacial score (nSPS) is 26.9. The Hall–Kier alpha value is -1.86. The Morgan fingerprint density at radius 2 is 2.08 bits per heavy atom. The van der Waals surface area contributed by atoms with Gasteiger partial charge in [-0.25, -0.2) is 0 Å². The lowest BCUT2D eigenvalue weighted by Crippen LogP contribution is -2.49. The van der Waals surface area contributed by atoms with Crippen molar-refractivity contribution < 1.29 is 13.2 Å². The number of nitrogens with zero attached hydrogens (tertiary/aromatic N) is 3. The van der Waals surface area contributed by atoms with Crippen LogP contribution in [0.5, 0.6) is 0 Å². The van der Waals surface area contributed by atoms with Crippen molar-refractivity contribution in [3.8, 4) is 0 Å². The molecule has 1 fully saturated rings. The number of hydrogen-bond donors (Lipinski definition) is 1. The van der Waals surface area contributed by atoms with Crippen molar-refractivity contribution in [2.45, 2.75) is 31.7 Å². The average molecular weight is 350 g/mol. The minimum absolute atomic E-state index is 0.320. The fourth-order valence-electron chi connectivity index (χ4n) is 4.02. The molecule has 0 amide bonds. The van der Waals surface area contributed by atoms with E-state index in [2.05, 4.69) is 15.2 Å². The highest BCUT2D eigenvalue weighted by Crippen LogP contribution is 2.37. The van der Waals surface area contributed by atoms with E-state index >= 15 is 0 Å². The molecule has 25 heavy (non-hydrogen) atoms. The zero-order valence-electron chi connectivity index (χ0n) is 14.1. The first-order chi connectivity index (χ1) is 11.9. The number of rotatable bonds is 1. The van der Waals surface area contributed by atoms with E-state index in [0.29, 0.717) is 17.4 Å². The highest BCUT2D eigenvalue weighted by molar-refractivity contribution is 5.77. The molecule has 2 atom stereocenters. The Balaban J connectivity index is 1.70. The molecule has 1 N–H and O–H groups in total. The summed E-state index contributed by atoms with van der Waals surface area (Å²) in [6.45, 7) is 5.55. The van der Waals surface area contributed by atoms with E-state index in [1.807, 2.05) is 12.1 Å². The van der Waals surface area contributed by atoms with Crippen LogP contribution >= 0.6 is 0 Å².